The van der Waals surface area contributed by atoms with Crippen LogP contribution < -0.4 is 0 Å². The van der Waals surface area contributed by atoms with E-state index in [1.54, 1.807) is 24.3 Å². The molecule has 0 spiro atoms. The highest BCUT2D eigenvalue weighted by Crippen LogP contribution is 2.14. The van der Waals surface area contributed by atoms with E-state index in [1.807, 2.05) is 18.4 Å². The van der Waals surface area contributed by atoms with Crippen LogP contribution in [0.3, 0.4) is 0 Å². The van der Waals surface area contributed by atoms with Crippen molar-refractivity contribution in [3.63, 3.8) is 0 Å². The van der Waals surface area contributed by atoms with Crippen molar-refractivity contribution in [1.82, 2.24) is 19.3 Å². The minimum atomic E-state index is 0.568. The molecule has 2 aromatic heterocycles. The molecule has 5 heteroatoms. The number of rotatable bonds is 2. The van der Waals surface area contributed by atoms with E-state index in [2.05, 4.69) is 10.1 Å². The summed E-state index contributed by atoms with van der Waals surface area (Å²) in [6.45, 7) is 3.88. The monoisotopic (exact) mass is 204 g/mol. The predicted octanol–water partition coefficient (Wildman–Crippen LogP) is 1.04. The van der Waals surface area contributed by atoms with E-state index in [4.69, 9.17) is 0 Å². The molecule has 0 fully saturated rings. The molecule has 0 aromatic carbocycles. The number of hydrogen-bond donors (Lipinski definition) is 0. The van der Waals surface area contributed by atoms with E-state index in [-0.39, 0.29) is 0 Å². The number of imidazole rings is 1. The van der Waals surface area contributed by atoms with Crippen molar-refractivity contribution >= 4 is 6.29 Å². The summed E-state index contributed by atoms with van der Waals surface area (Å²) in [4.78, 5) is 15.0. The van der Waals surface area contributed by atoms with Gasteiger partial charge >= 0.3 is 0 Å². The molecule has 0 N–H and O–H groups in total. The number of aldehydes is 1. The Hall–Kier alpha value is -1.91. The number of aryl methyl sites for hydroxylation is 2. The zero-order chi connectivity index (χ0) is 11.0. The minimum Gasteiger partial charge on any atom is -0.298 e. The van der Waals surface area contributed by atoms with Gasteiger partial charge in [-0.15, -0.1) is 0 Å². The van der Waals surface area contributed by atoms with Crippen LogP contribution in [0, 0.1) is 13.8 Å². The van der Waals surface area contributed by atoms with Crippen LogP contribution in [0.1, 0.15) is 21.7 Å². The van der Waals surface area contributed by atoms with Gasteiger partial charge in [0.05, 0.1) is 11.3 Å². The molecular weight excluding hydrogens is 192 g/mol. The number of carbonyl (C=O) groups is 1. The van der Waals surface area contributed by atoms with Gasteiger partial charge in [0.15, 0.2) is 12.1 Å². The van der Waals surface area contributed by atoms with Gasteiger partial charge in [-0.25, -0.2) is 4.98 Å². The summed E-state index contributed by atoms with van der Waals surface area (Å²) >= 11 is 0. The summed E-state index contributed by atoms with van der Waals surface area (Å²) in [6.07, 6.45) is 4.17. The number of aromatic nitrogens is 4. The van der Waals surface area contributed by atoms with Crippen LogP contribution in [0.25, 0.3) is 5.82 Å². The minimum absolute atomic E-state index is 0.568. The molecule has 0 bridgehead atoms. The van der Waals surface area contributed by atoms with Crippen molar-refractivity contribution < 1.29 is 4.79 Å². The SMILES string of the molecule is Cc1ncn(-c2nn(C)cc2C=O)c1C. The Bertz CT molecular complexity index is 509. The summed E-state index contributed by atoms with van der Waals surface area (Å²) < 4.78 is 3.44. The normalized spacial score (nSPS) is 10.6. The first-order chi connectivity index (χ1) is 7.13. The molecule has 0 saturated heterocycles. The largest absolute Gasteiger partial charge is 0.298 e. The van der Waals surface area contributed by atoms with Crippen molar-refractivity contribution in [2.45, 2.75) is 13.8 Å². The Balaban J connectivity index is 2.62. The smallest absolute Gasteiger partial charge is 0.170 e. The molecule has 0 amide bonds. The van der Waals surface area contributed by atoms with E-state index in [1.165, 1.54) is 0 Å². The van der Waals surface area contributed by atoms with Gasteiger partial charge in [-0.3, -0.25) is 14.0 Å². The fraction of sp³-hybridized carbons (Fsp3) is 0.300. The molecule has 0 atom stereocenters. The summed E-state index contributed by atoms with van der Waals surface area (Å²) in [5.41, 5.74) is 2.51. The van der Waals surface area contributed by atoms with Crippen molar-refractivity contribution in [2.75, 3.05) is 0 Å². The van der Waals surface area contributed by atoms with Crippen LogP contribution in [-0.2, 0) is 7.05 Å². The molecule has 2 rings (SSSR count). The molecule has 0 saturated carbocycles. The average Bonchev–Trinajstić information content (AvgIpc) is 2.72. The van der Waals surface area contributed by atoms with Gasteiger partial charge in [0.25, 0.3) is 0 Å². The highest BCUT2D eigenvalue weighted by atomic mass is 16.1. The van der Waals surface area contributed by atoms with Gasteiger partial charge in [-0.05, 0) is 13.8 Å². The third-order valence-electron chi connectivity index (χ3n) is 2.44. The van der Waals surface area contributed by atoms with Gasteiger partial charge in [-0.2, -0.15) is 5.10 Å². The molecule has 5 nitrogen and oxygen atoms in total. The van der Waals surface area contributed by atoms with Crippen LogP contribution in [0.2, 0.25) is 0 Å². The number of nitrogens with zero attached hydrogens (tertiary/aromatic N) is 4. The molecule has 0 radical (unpaired) electrons. The second kappa shape index (κ2) is 3.34. The maximum absolute atomic E-state index is 10.8. The quantitative estimate of drug-likeness (QED) is 0.687. The molecule has 0 aliphatic carbocycles. The molecule has 15 heavy (non-hydrogen) atoms. The Morgan fingerprint density at radius 1 is 1.40 bits per heavy atom. The second-order valence-corrected chi connectivity index (χ2v) is 3.48. The van der Waals surface area contributed by atoms with Crippen LogP contribution in [0.5, 0.6) is 0 Å². The lowest BCUT2D eigenvalue weighted by atomic mass is 10.3. The van der Waals surface area contributed by atoms with Gasteiger partial charge in [0.1, 0.15) is 6.33 Å². The fourth-order valence-corrected chi connectivity index (χ4v) is 1.48. The molecule has 0 aliphatic rings. The summed E-state index contributed by atoms with van der Waals surface area (Å²) in [6, 6.07) is 0. The van der Waals surface area contributed by atoms with Gasteiger partial charge in [0.2, 0.25) is 0 Å². The third kappa shape index (κ3) is 1.45. The molecule has 0 unspecified atom stereocenters. The van der Waals surface area contributed by atoms with E-state index in [0.29, 0.717) is 11.4 Å². The van der Waals surface area contributed by atoms with Gasteiger partial charge < -0.3 is 0 Å². The van der Waals surface area contributed by atoms with Crippen LogP contribution in [0.4, 0.5) is 0 Å². The lowest BCUT2D eigenvalue weighted by molar-refractivity contribution is 0.112. The Morgan fingerprint density at radius 2 is 2.13 bits per heavy atom. The van der Waals surface area contributed by atoms with Crippen molar-refractivity contribution in [3.8, 4) is 5.82 Å². The van der Waals surface area contributed by atoms with Crippen molar-refractivity contribution in [1.29, 1.82) is 0 Å². The Morgan fingerprint density at radius 3 is 2.67 bits per heavy atom. The fourth-order valence-electron chi connectivity index (χ4n) is 1.48. The van der Waals surface area contributed by atoms with Crippen LogP contribution in [-0.4, -0.2) is 25.6 Å². The highest BCUT2D eigenvalue weighted by molar-refractivity contribution is 5.79. The molecule has 2 heterocycles. The molecular formula is C10H12N4O. The Labute approximate surface area is 87.4 Å². The van der Waals surface area contributed by atoms with Crippen molar-refractivity contribution in [2.24, 2.45) is 7.05 Å². The van der Waals surface area contributed by atoms with Crippen molar-refractivity contribution in [3.05, 3.63) is 29.5 Å². The predicted molar refractivity (Wildman–Crippen MR) is 55.2 cm³/mol. The van der Waals surface area contributed by atoms with Gasteiger partial charge in [-0.1, -0.05) is 0 Å². The summed E-state index contributed by atoms with van der Waals surface area (Å²) in [7, 11) is 1.79. The average molecular weight is 204 g/mol. The summed E-state index contributed by atoms with van der Waals surface area (Å²) in [5.74, 6) is 0.630. The zero-order valence-corrected chi connectivity index (χ0v) is 8.93. The third-order valence-corrected chi connectivity index (χ3v) is 2.44. The summed E-state index contributed by atoms with van der Waals surface area (Å²) in [5, 5.41) is 4.23. The highest BCUT2D eigenvalue weighted by Gasteiger charge is 2.12. The first-order valence-electron chi connectivity index (χ1n) is 4.63. The Kier molecular flexibility index (Phi) is 2.15. The number of hydrogen-bond acceptors (Lipinski definition) is 3. The standard InChI is InChI=1S/C10H12N4O/c1-7-8(2)14(6-11-7)10-9(5-15)4-13(3)12-10/h4-6H,1-3H3. The number of carbonyl (C=O) groups excluding carboxylic acids is 1. The second-order valence-electron chi connectivity index (χ2n) is 3.48. The van der Waals surface area contributed by atoms with E-state index in [0.717, 1.165) is 17.7 Å². The lowest BCUT2D eigenvalue weighted by Gasteiger charge is -2.01. The molecule has 2 aromatic rings. The van der Waals surface area contributed by atoms with E-state index in [9.17, 15) is 4.79 Å². The van der Waals surface area contributed by atoms with Crippen LogP contribution >= 0.6 is 0 Å². The molecule has 78 valence electrons. The molecule has 0 aliphatic heterocycles. The first kappa shape index (κ1) is 9.64. The van der Waals surface area contributed by atoms with Gasteiger partial charge in [0, 0.05) is 18.9 Å². The topological polar surface area (TPSA) is 52.7 Å². The first-order valence-corrected chi connectivity index (χ1v) is 4.63. The zero-order valence-electron chi connectivity index (χ0n) is 8.93. The lowest BCUT2D eigenvalue weighted by Crippen LogP contribution is -2.00. The van der Waals surface area contributed by atoms with E-state index >= 15 is 0 Å². The maximum atomic E-state index is 10.8. The van der Waals surface area contributed by atoms with Crippen LogP contribution in [0.15, 0.2) is 12.5 Å². The van der Waals surface area contributed by atoms with E-state index < -0.39 is 0 Å². The maximum Gasteiger partial charge on any atom is 0.170 e.